The third kappa shape index (κ3) is 5.10. The van der Waals surface area contributed by atoms with Gasteiger partial charge in [0.05, 0.1) is 10.5 Å². The first-order chi connectivity index (χ1) is 11.7. The number of esters is 1. The second kappa shape index (κ2) is 7.41. The molecule has 0 fully saturated rings. The zero-order valence-electron chi connectivity index (χ0n) is 13.2. The number of nitrogens with one attached hydrogen (secondary N) is 1. The van der Waals surface area contributed by atoms with Crippen molar-refractivity contribution in [2.75, 3.05) is 11.9 Å². The molecule has 7 nitrogen and oxygen atoms in total. The number of hydrogen-bond donors (Lipinski definition) is 2. The van der Waals surface area contributed by atoms with Crippen molar-refractivity contribution in [1.82, 2.24) is 0 Å². The van der Waals surface area contributed by atoms with Gasteiger partial charge in [0.15, 0.2) is 6.61 Å². The number of aryl methyl sites for hydroxylation is 1. The molecule has 2 aromatic rings. The number of amides is 1. The van der Waals surface area contributed by atoms with Crippen LogP contribution in [-0.2, 0) is 19.6 Å². The molecule has 0 aromatic heterocycles. The van der Waals surface area contributed by atoms with Gasteiger partial charge in [-0.25, -0.2) is 22.7 Å². The van der Waals surface area contributed by atoms with E-state index in [0.29, 0.717) is 5.56 Å². The summed E-state index contributed by atoms with van der Waals surface area (Å²) in [5.74, 6) is -2.08. The third-order valence-corrected chi connectivity index (χ3v) is 4.23. The molecule has 0 aliphatic heterocycles. The normalized spacial score (nSPS) is 11.0. The zero-order chi connectivity index (χ0) is 18.6. The molecule has 132 valence electrons. The Bertz CT molecular complexity index is 928. The van der Waals surface area contributed by atoms with Crippen LogP contribution in [0.1, 0.15) is 15.9 Å². The van der Waals surface area contributed by atoms with Gasteiger partial charge in [0.2, 0.25) is 10.0 Å². The van der Waals surface area contributed by atoms with Crippen molar-refractivity contribution in [2.45, 2.75) is 11.8 Å². The molecule has 0 bridgehead atoms. The Morgan fingerprint density at radius 3 is 2.56 bits per heavy atom. The summed E-state index contributed by atoms with van der Waals surface area (Å²) in [6.45, 7) is 0.912. The number of anilines is 1. The van der Waals surface area contributed by atoms with E-state index in [0.717, 1.165) is 12.1 Å². The molecule has 3 N–H and O–H groups in total. The van der Waals surface area contributed by atoms with E-state index in [9.17, 15) is 22.4 Å². The predicted octanol–water partition coefficient (Wildman–Crippen LogP) is 1.58. The SMILES string of the molecule is Cc1ccc(C(=O)OCC(=O)Nc2cccc(F)c2)cc1S(N)(=O)=O. The number of halogens is 1. The summed E-state index contributed by atoms with van der Waals surface area (Å²) in [5.41, 5.74) is 0.531. The van der Waals surface area contributed by atoms with Gasteiger partial charge in [-0.3, -0.25) is 4.79 Å². The van der Waals surface area contributed by atoms with Gasteiger partial charge in [-0.15, -0.1) is 0 Å². The van der Waals surface area contributed by atoms with Gasteiger partial charge in [0, 0.05) is 5.69 Å². The van der Waals surface area contributed by atoms with Crippen LogP contribution in [-0.4, -0.2) is 26.9 Å². The van der Waals surface area contributed by atoms with Crippen LogP contribution >= 0.6 is 0 Å². The van der Waals surface area contributed by atoms with Crippen LogP contribution in [0, 0.1) is 12.7 Å². The Hall–Kier alpha value is -2.78. The summed E-state index contributed by atoms with van der Waals surface area (Å²) in [5, 5.41) is 7.43. The highest BCUT2D eigenvalue weighted by atomic mass is 32.2. The van der Waals surface area contributed by atoms with Gasteiger partial charge in [0.1, 0.15) is 5.82 Å². The molecule has 2 rings (SSSR count). The quantitative estimate of drug-likeness (QED) is 0.780. The van der Waals surface area contributed by atoms with Gasteiger partial charge in [-0.1, -0.05) is 12.1 Å². The molecule has 9 heteroatoms. The van der Waals surface area contributed by atoms with Gasteiger partial charge >= 0.3 is 5.97 Å². The minimum absolute atomic E-state index is 0.0619. The Morgan fingerprint density at radius 1 is 1.20 bits per heavy atom. The van der Waals surface area contributed by atoms with Crippen molar-refractivity contribution >= 4 is 27.6 Å². The van der Waals surface area contributed by atoms with Crippen LogP contribution in [0.5, 0.6) is 0 Å². The second-order valence-corrected chi connectivity index (χ2v) is 6.69. The summed E-state index contributed by atoms with van der Waals surface area (Å²) in [6.07, 6.45) is 0. The first-order valence-corrected chi connectivity index (χ1v) is 8.57. The number of ether oxygens (including phenoxy) is 1. The largest absolute Gasteiger partial charge is 0.452 e. The lowest BCUT2D eigenvalue weighted by Gasteiger charge is -2.08. The average molecular weight is 366 g/mol. The first kappa shape index (κ1) is 18.6. The molecule has 0 saturated carbocycles. The lowest BCUT2D eigenvalue weighted by molar-refractivity contribution is -0.119. The molecule has 2 aromatic carbocycles. The van der Waals surface area contributed by atoms with Gasteiger partial charge in [-0.2, -0.15) is 0 Å². The van der Waals surface area contributed by atoms with E-state index in [1.165, 1.54) is 37.3 Å². The van der Waals surface area contributed by atoms with Gasteiger partial charge in [0.25, 0.3) is 5.91 Å². The summed E-state index contributed by atoms with van der Waals surface area (Å²) in [4.78, 5) is 23.5. The van der Waals surface area contributed by atoms with Crippen molar-refractivity contribution in [3.8, 4) is 0 Å². The molecule has 0 saturated heterocycles. The highest BCUT2D eigenvalue weighted by Gasteiger charge is 2.17. The van der Waals surface area contributed by atoms with E-state index in [-0.39, 0.29) is 16.1 Å². The fourth-order valence-electron chi connectivity index (χ4n) is 2.01. The molecular formula is C16H15FN2O5S. The molecule has 0 atom stereocenters. The molecule has 1 amide bonds. The molecule has 0 radical (unpaired) electrons. The minimum Gasteiger partial charge on any atom is -0.452 e. The van der Waals surface area contributed by atoms with Crippen LogP contribution in [0.15, 0.2) is 47.4 Å². The maximum atomic E-state index is 13.0. The number of sulfonamides is 1. The summed E-state index contributed by atoms with van der Waals surface area (Å²) >= 11 is 0. The maximum absolute atomic E-state index is 13.0. The van der Waals surface area contributed by atoms with E-state index < -0.39 is 34.3 Å². The van der Waals surface area contributed by atoms with E-state index in [4.69, 9.17) is 9.88 Å². The molecular weight excluding hydrogens is 351 g/mol. The van der Waals surface area contributed by atoms with Gasteiger partial charge < -0.3 is 10.1 Å². The lowest BCUT2D eigenvalue weighted by atomic mass is 10.1. The van der Waals surface area contributed by atoms with Crippen LogP contribution in [0.4, 0.5) is 10.1 Å². The van der Waals surface area contributed by atoms with Crippen molar-refractivity contribution in [2.24, 2.45) is 5.14 Å². The van der Waals surface area contributed by atoms with Crippen LogP contribution in [0.2, 0.25) is 0 Å². The number of nitrogens with two attached hydrogens (primary N) is 1. The smallest absolute Gasteiger partial charge is 0.338 e. The van der Waals surface area contributed by atoms with Crippen molar-refractivity contribution in [1.29, 1.82) is 0 Å². The van der Waals surface area contributed by atoms with Crippen LogP contribution < -0.4 is 10.5 Å². The van der Waals surface area contributed by atoms with E-state index in [2.05, 4.69) is 5.32 Å². The minimum atomic E-state index is -3.99. The summed E-state index contributed by atoms with van der Waals surface area (Å²) in [7, 11) is -3.99. The number of hydrogen-bond acceptors (Lipinski definition) is 5. The standard InChI is InChI=1S/C16H15FN2O5S/c1-10-5-6-11(7-14(10)25(18,22)23)16(21)24-9-15(20)19-13-4-2-3-12(17)8-13/h2-8H,9H2,1H3,(H,19,20)(H2,18,22,23). The molecule has 0 heterocycles. The topological polar surface area (TPSA) is 116 Å². The number of rotatable bonds is 5. The molecule has 0 aliphatic carbocycles. The summed E-state index contributed by atoms with van der Waals surface area (Å²) in [6, 6.07) is 9.06. The molecule has 0 spiro atoms. The Balaban J connectivity index is 2.02. The Morgan fingerprint density at radius 2 is 1.92 bits per heavy atom. The molecule has 0 unspecified atom stereocenters. The number of carbonyl (C=O) groups excluding carboxylic acids is 2. The van der Waals surface area contributed by atoms with Crippen LogP contribution in [0.25, 0.3) is 0 Å². The highest BCUT2D eigenvalue weighted by molar-refractivity contribution is 7.89. The lowest BCUT2D eigenvalue weighted by Crippen LogP contribution is -2.21. The van der Waals surface area contributed by atoms with Crippen LogP contribution in [0.3, 0.4) is 0 Å². The number of carbonyl (C=O) groups is 2. The zero-order valence-corrected chi connectivity index (χ0v) is 14.0. The average Bonchev–Trinajstić information content (AvgIpc) is 2.52. The van der Waals surface area contributed by atoms with Gasteiger partial charge in [-0.05, 0) is 42.8 Å². The Labute approximate surface area is 143 Å². The highest BCUT2D eigenvalue weighted by Crippen LogP contribution is 2.16. The van der Waals surface area contributed by atoms with E-state index in [1.807, 2.05) is 0 Å². The van der Waals surface area contributed by atoms with Crippen molar-refractivity contribution in [3.05, 3.63) is 59.4 Å². The molecule has 25 heavy (non-hydrogen) atoms. The number of primary sulfonamides is 1. The second-order valence-electron chi connectivity index (χ2n) is 5.16. The predicted molar refractivity (Wildman–Crippen MR) is 87.9 cm³/mol. The van der Waals surface area contributed by atoms with E-state index >= 15 is 0 Å². The first-order valence-electron chi connectivity index (χ1n) is 7.03. The van der Waals surface area contributed by atoms with E-state index in [1.54, 1.807) is 0 Å². The van der Waals surface area contributed by atoms with Crippen molar-refractivity contribution < 1.29 is 27.1 Å². The fourth-order valence-corrected chi connectivity index (χ4v) is 2.82. The third-order valence-electron chi connectivity index (χ3n) is 3.17. The fraction of sp³-hybridized carbons (Fsp3) is 0.125. The van der Waals surface area contributed by atoms with Crippen molar-refractivity contribution in [3.63, 3.8) is 0 Å². The molecule has 0 aliphatic rings. The summed E-state index contributed by atoms with van der Waals surface area (Å²) < 4.78 is 40.8. The Kier molecular flexibility index (Phi) is 5.50. The monoisotopic (exact) mass is 366 g/mol. The number of benzene rings is 2. The maximum Gasteiger partial charge on any atom is 0.338 e.